The number of halogens is 1. The van der Waals surface area contributed by atoms with Gasteiger partial charge in [-0.05, 0) is 49.2 Å². The summed E-state index contributed by atoms with van der Waals surface area (Å²) in [4.78, 5) is 25.2. The van der Waals surface area contributed by atoms with Crippen LogP contribution < -0.4 is 18.9 Å². The summed E-state index contributed by atoms with van der Waals surface area (Å²) in [6.45, 7) is 10.3. The predicted molar refractivity (Wildman–Crippen MR) is 207 cm³/mol. The molecular formula is C44H41ClO8. The molecule has 8 nitrogen and oxygen atoms in total. The van der Waals surface area contributed by atoms with Crippen molar-refractivity contribution in [1.82, 2.24) is 0 Å². The highest BCUT2D eigenvalue weighted by molar-refractivity contribution is 6.30. The van der Waals surface area contributed by atoms with Crippen LogP contribution >= 0.6 is 11.6 Å². The van der Waals surface area contributed by atoms with Crippen LogP contribution in [0.15, 0.2) is 152 Å². The number of ether oxygens (including phenoxy) is 6. The largest absolute Gasteiger partial charge is 0.489 e. The number of benzene rings is 5. The first kappa shape index (κ1) is 38.2. The zero-order valence-corrected chi connectivity index (χ0v) is 30.4. The minimum absolute atomic E-state index is 0.00658. The van der Waals surface area contributed by atoms with Gasteiger partial charge in [-0.3, -0.25) is 0 Å². The van der Waals surface area contributed by atoms with Crippen LogP contribution in [0.25, 0.3) is 22.3 Å². The molecule has 0 N–H and O–H groups in total. The highest BCUT2D eigenvalue weighted by atomic mass is 35.5. The molecule has 0 aliphatic heterocycles. The Bertz CT molecular complexity index is 2010. The van der Waals surface area contributed by atoms with E-state index in [1.54, 1.807) is 32.0 Å². The molecule has 53 heavy (non-hydrogen) atoms. The summed E-state index contributed by atoms with van der Waals surface area (Å²) in [7, 11) is 0. The summed E-state index contributed by atoms with van der Waals surface area (Å²) in [5.74, 6) is 0.661. The molecule has 2 unspecified atom stereocenters. The lowest BCUT2D eigenvalue weighted by Crippen LogP contribution is -2.32. The number of hydrogen-bond donors (Lipinski definition) is 0. The first-order valence-corrected chi connectivity index (χ1v) is 17.4. The molecule has 0 bridgehead atoms. The summed E-state index contributed by atoms with van der Waals surface area (Å²) in [5.41, 5.74) is 4.21. The van der Waals surface area contributed by atoms with Crippen molar-refractivity contribution in [2.24, 2.45) is 0 Å². The molecular weight excluding hydrogens is 692 g/mol. The third-order valence-electron chi connectivity index (χ3n) is 7.79. The number of para-hydroxylation sites is 2. The van der Waals surface area contributed by atoms with E-state index in [9.17, 15) is 9.59 Å². The number of carbonyl (C=O) groups excluding carboxylic acids is 2. The fraction of sp³-hybridized carbons (Fsp3) is 0.182. The van der Waals surface area contributed by atoms with E-state index >= 15 is 0 Å². The molecule has 0 aromatic heterocycles. The van der Waals surface area contributed by atoms with Crippen molar-refractivity contribution in [3.63, 3.8) is 0 Å². The molecule has 0 aliphatic rings. The van der Waals surface area contributed by atoms with Crippen LogP contribution in [0.3, 0.4) is 0 Å². The minimum Gasteiger partial charge on any atom is -0.489 e. The molecule has 0 heterocycles. The second-order valence-electron chi connectivity index (χ2n) is 12.2. The molecule has 9 heteroatoms. The van der Waals surface area contributed by atoms with Gasteiger partial charge in [-0.15, -0.1) is 0 Å². The van der Waals surface area contributed by atoms with Crippen molar-refractivity contribution in [2.45, 2.75) is 26.1 Å². The van der Waals surface area contributed by atoms with Crippen LogP contribution in [-0.2, 0) is 19.1 Å². The van der Waals surface area contributed by atoms with Gasteiger partial charge in [0.15, 0.2) is 23.7 Å². The van der Waals surface area contributed by atoms with Gasteiger partial charge < -0.3 is 28.4 Å². The molecule has 5 rings (SSSR count). The second kappa shape index (κ2) is 19.0. The monoisotopic (exact) mass is 732 g/mol. The highest BCUT2D eigenvalue weighted by Crippen LogP contribution is 2.33. The third-order valence-corrected chi connectivity index (χ3v) is 8.03. The first-order chi connectivity index (χ1) is 25.7. The lowest BCUT2D eigenvalue weighted by molar-refractivity contribution is -0.148. The average Bonchev–Trinajstić information content (AvgIpc) is 3.18. The molecule has 5 aromatic rings. The van der Waals surface area contributed by atoms with Crippen molar-refractivity contribution in [3.8, 4) is 45.3 Å². The molecule has 0 saturated carbocycles. The van der Waals surface area contributed by atoms with E-state index in [0.29, 0.717) is 22.3 Å². The van der Waals surface area contributed by atoms with Crippen LogP contribution in [0.4, 0.5) is 0 Å². The average molecular weight is 733 g/mol. The molecule has 0 amide bonds. The third kappa shape index (κ3) is 11.2. The zero-order valence-electron chi connectivity index (χ0n) is 29.7. The first-order valence-electron chi connectivity index (χ1n) is 17.0. The Labute approximate surface area is 315 Å². The minimum atomic E-state index is -0.836. The molecule has 2 atom stereocenters. The summed E-state index contributed by atoms with van der Waals surface area (Å²) in [6, 6.07) is 39.8. The fourth-order valence-corrected chi connectivity index (χ4v) is 5.24. The number of carbonyl (C=O) groups is 2. The Kier molecular flexibility index (Phi) is 13.7. The standard InChI is InChI=1S/C44H41ClO8/c1-30(2)43(46)52-35(26-48-39-21-13-11-19-37(39)32-15-7-5-8-16-32)28-50-41-24-23-34(45)25-42(41)51-29-36(53-44(47)31(3)4)27-49-40-22-14-12-20-38(40)33-17-9-6-10-18-33/h5-25,35-36H,1,3,26-29H2,2,4H3. The van der Waals surface area contributed by atoms with E-state index in [4.69, 9.17) is 40.0 Å². The van der Waals surface area contributed by atoms with Gasteiger partial charge in [0.25, 0.3) is 0 Å². The quantitative estimate of drug-likeness (QED) is 0.0650. The van der Waals surface area contributed by atoms with E-state index in [2.05, 4.69) is 13.2 Å². The Hall–Kier alpha value is -5.99. The van der Waals surface area contributed by atoms with E-state index in [-0.39, 0.29) is 43.3 Å². The van der Waals surface area contributed by atoms with Crippen LogP contribution in [0.2, 0.25) is 5.02 Å². The van der Waals surface area contributed by atoms with Crippen molar-refractivity contribution in [2.75, 3.05) is 26.4 Å². The molecule has 0 spiro atoms. The topological polar surface area (TPSA) is 89.5 Å². The van der Waals surface area contributed by atoms with Gasteiger partial charge in [0.05, 0.1) is 0 Å². The number of esters is 2. The number of hydrogen-bond acceptors (Lipinski definition) is 8. The maximum absolute atomic E-state index is 12.6. The van der Waals surface area contributed by atoms with E-state index in [1.807, 2.05) is 109 Å². The van der Waals surface area contributed by atoms with Crippen LogP contribution in [0.1, 0.15) is 13.8 Å². The smallest absolute Gasteiger partial charge is 0.333 e. The Morgan fingerprint density at radius 1 is 0.509 bits per heavy atom. The van der Waals surface area contributed by atoms with Gasteiger partial charge in [0, 0.05) is 33.4 Å². The normalized spacial score (nSPS) is 11.8. The van der Waals surface area contributed by atoms with Crippen molar-refractivity contribution in [3.05, 3.63) is 157 Å². The number of rotatable bonds is 18. The van der Waals surface area contributed by atoms with Gasteiger partial charge in [-0.1, -0.05) is 122 Å². The van der Waals surface area contributed by atoms with E-state index in [1.165, 1.54) is 0 Å². The molecule has 0 fully saturated rings. The summed E-state index contributed by atoms with van der Waals surface area (Å²) < 4.78 is 36.1. The summed E-state index contributed by atoms with van der Waals surface area (Å²) in [5, 5.41) is 0.391. The Morgan fingerprint density at radius 3 is 1.32 bits per heavy atom. The maximum atomic E-state index is 12.6. The van der Waals surface area contributed by atoms with Crippen LogP contribution in [0.5, 0.6) is 23.0 Å². The van der Waals surface area contributed by atoms with Gasteiger partial charge in [-0.25, -0.2) is 9.59 Å². The summed E-state index contributed by atoms with van der Waals surface area (Å²) >= 11 is 6.37. The van der Waals surface area contributed by atoms with E-state index < -0.39 is 24.1 Å². The molecule has 0 radical (unpaired) electrons. The van der Waals surface area contributed by atoms with Crippen molar-refractivity contribution >= 4 is 23.5 Å². The van der Waals surface area contributed by atoms with Crippen molar-refractivity contribution < 1.29 is 38.0 Å². The van der Waals surface area contributed by atoms with Crippen LogP contribution in [-0.4, -0.2) is 50.6 Å². The van der Waals surface area contributed by atoms with Gasteiger partial charge in [-0.2, -0.15) is 0 Å². The van der Waals surface area contributed by atoms with Gasteiger partial charge >= 0.3 is 11.9 Å². The van der Waals surface area contributed by atoms with Crippen molar-refractivity contribution in [1.29, 1.82) is 0 Å². The molecule has 272 valence electrons. The van der Waals surface area contributed by atoms with E-state index in [0.717, 1.165) is 22.3 Å². The molecule has 0 aliphatic carbocycles. The summed E-state index contributed by atoms with van der Waals surface area (Å²) in [6.07, 6.45) is -1.66. The Morgan fingerprint density at radius 2 is 0.887 bits per heavy atom. The van der Waals surface area contributed by atoms with Gasteiger partial charge in [0.2, 0.25) is 0 Å². The van der Waals surface area contributed by atoms with Crippen LogP contribution in [0, 0.1) is 0 Å². The second-order valence-corrected chi connectivity index (χ2v) is 12.6. The Balaban J connectivity index is 1.29. The highest BCUT2D eigenvalue weighted by Gasteiger charge is 2.22. The zero-order chi connectivity index (χ0) is 37.6. The fourth-order valence-electron chi connectivity index (χ4n) is 5.08. The maximum Gasteiger partial charge on any atom is 0.333 e. The molecule has 5 aromatic carbocycles. The van der Waals surface area contributed by atoms with Gasteiger partial charge in [0.1, 0.15) is 37.9 Å². The SMILES string of the molecule is C=C(C)C(=O)OC(COc1ccc(Cl)cc1OCC(COc1ccccc1-c1ccccc1)OC(=O)C(=C)C)COc1ccccc1-c1ccccc1. The lowest BCUT2D eigenvalue weighted by Gasteiger charge is -2.23. The molecule has 0 saturated heterocycles. The predicted octanol–water partition coefficient (Wildman–Crippen LogP) is 9.57. The lowest BCUT2D eigenvalue weighted by atomic mass is 10.1.